The van der Waals surface area contributed by atoms with Crippen LogP contribution in [0.1, 0.15) is 44.2 Å². The number of carbonyl (C=O) groups excluding carboxylic acids is 1. The molecule has 0 spiro atoms. The number of oxazole rings is 1. The van der Waals surface area contributed by atoms with Crippen LogP contribution in [-0.2, 0) is 16.1 Å². The number of esters is 1. The molecule has 6 rings (SSSR count). The lowest BCUT2D eigenvalue weighted by atomic mass is 9.48. The normalized spacial score (nSPS) is 35.9. The minimum atomic E-state index is -0.649. The van der Waals surface area contributed by atoms with Gasteiger partial charge >= 0.3 is 5.97 Å². The topological polar surface area (TPSA) is 72.6 Å². The lowest BCUT2D eigenvalue weighted by Crippen LogP contribution is -2.58. The summed E-state index contributed by atoms with van der Waals surface area (Å²) in [5.74, 6) is 1.33. The molecule has 25 heavy (non-hydrogen) atoms. The summed E-state index contributed by atoms with van der Waals surface area (Å²) in [6.07, 6.45) is 6.71. The molecule has 4 bridgehead atoms. The van der Waals surface area contributed by atoms with E-state index in [9.17, 15) is 9.90 Å². The van der Waals surface area contributed by atoms with Gasteiger partial charge in [-0.25, -0.2) is 4.98 Å². The Labute approximate surface area is 150 Å². The van der Waals surface area contributed by atoms with Gasteiger partial charge in [0.25, 0.3) is 0 Å². The second-order valence-corrected chi connectivity index (χ2v) is 9.11. The Kier molecular flexibility index (Phi) is 3.38. The third-order valence-electron chi connectivity index (χ3n) is 6.10. The van der Waals surface area contributed by atoms with Crippen LogP contribution in [0, 0.1) is 17.3 Å². The zero-order chi connectivity index (χ0) is 17.1. The fourth-order valence-electron chi connectivity index (χ4n) is 5.63. The maximum Gasteiger partial charge on any atom is 0.312 e. The van der Waals surface area contributed by atoms with Gasteiger partial charge in [0, 0.05) is 0 Å². The van der Waals surface area contributed by atoms with Crippen LogP contribution in [0.15, 0.2) is 28.2 Å². The quantitative estimate of drug-likeness (QED) is 0.841. The predicted octanol–water partition coefficient (Wildman–Crippen LogP) is 3.78. The van der Waals surface area contributed by atoms with Crippen molar-refractivity contribution in [3.63, 3.8) is 0 Å². The Morgan fingerprint density at radius 2 is 2.16 bits per heavy atom. The highest BCUT2D eigenvalue weighted by Crippen LogP contribution is 2.62. The number of thiophene rings is 1. The largest absolute Gasteiger partial charge is 0.459 e. The zero-order valence-corrected chi connectivity index (χ0v) is 14.8. The molecule has 0 aliphatic heterocycles. The average molecular weight is 359 g/mol. The van der Waals surface area contributed by atoms with Gasteiger partial charge in [-0.3, -0.25) is 4.79 Å². The van der Waals surface area contributed by atoms with Crippen LogP contribution < -0.4 is 0 Å². The molecule has 132 valence electrons. The summed E-state index contributed by atoms with van der Waals surface area (Å²) in [6, 6.07) is 3.89. The number of ether oxygens (including phenoxy) is 1. The van der Waals surface area contributed by atoms with Crippen LogP contribution in [0.25, 0.3) is 10.8 Å². The van der Waals surface area contributed by atoms with Crippen molar-refractivity contribution in [2.45, 2.75) is 50.7 Å². The van der Waals surface area contributed by atoms with Crippen LogP contribution in [0.5, 0.6) is 0 Å². The monoisotopic (exact) mass is 359 g/mol. The van der Waals surface area contributed by atoms with Crippen LogP contribution in [0.2, 0.25) is 0 Å². The Morgan fingerprint density at radius 3 is 2.84 bits per heavy atom. The molecule has 1 N–H and O–H groups in total. The van der Waals surface area contributed by atoms with Gasteiger partial charge in [0.2, 0.25) is 5.89 Å². The summed E-state index contributed by atoms with van der Waals surface area (Å²) in [7, 11) is 0. The zero-order valence-electron chi connectivity index (χ0n) is 13.9. The van der Waals surface area contributed by atoms with Crippen LogP contribution in [0.4, 0.5) is 0 Å². The standard InChI is InChI=1S/C19H21NO4S/c21-17(18-5-12-4-13(6-18)8-19(22,7-12)11-18)24-10-14-9-23-16(20-14)15-2-1-3-25-15/h1-3,9,12-13,22H,4-8,10-11H2/t12-,13+,18?,19?. The first-order valence-corrected chi connectivity index (χ1v) is 9.80. The van der Waals surface area contributed by atoms with Crippen molar-refractivity contribution in [1.82, 2.24) is 4.98 Å². The van der Waals surface area contributed by atoms with E-state index in [-0.39, 0.29) is 12.6 Å². The molecule has 0 aromatic carbocycles. The summed E-state index contributed by atoms with van der Waals surface area (Å²) in [5.41, 5.74) is -0.511. The van der Waals surface area contributed by atoms with Crippen LogP contribution in [0.3, 0.4) is 0 Å². The second kappa shape index (κ2) is 5.42. The number of hydrogen-bond acceptors (Lipinski definition) is 6. The van der Waals surface area contributed by atoms with Crippen molar-refractivity contribution in [3.05, 3.63) is 29.5 Å². The van der Waals surface area contributed by atoms with E-state index in [0.29, 0.717) is 29.8 Å². The molecule has 4 fully saturated rings. The van der Waals surface area contributed by atoms with Gasteiger partial charge < -0.3 is 14.3 Å². The van der Waals surface area contributed by atoms with Gasteiger partial charge in [-0.2, -0.15) is 0 Å². The third kappa shape index (κ3) is 2.62. The van der Waals surface area contributed by atoms with E-state index in [1.54, 1.807) is 17.6 Å². The first-order chi connectivity index (χ1) is 12.0. The van der Waals surface area contributed by atoms with Crippen LogP contribution >= 0.6 is 11.3 Å². The van der Waals surface area contributed by atoms with E-state index >= 15 is 0 Å². The molecule has 0 saturated heterocycles. The molecular formula is C19H21NO4S. The molecule has 4 aliphatic rings. The van der Waals surface area contributed by atoms with Gasteiger partial charge in [0.05, 0.1) is 15.9 Å². The number of carbonyl (C=O) groups is 1. The summed E-state index contributed by atoms with van der Waals surface area (Å²) in [6.45, 7) is 0.128. The van der Waals surface area contributed by atoms with Gasteiger partial charge in [-0.15, -0.1) is 11.3 Å². The fourth-order valence-corrected chi connectivity index (χ4v) is 6.29. The molecule has 2 heterocycles. The first kappa shape index (κ1) is 15.6. The van der Waals surface area contributed by atoms with Gasteiger partial charge in [-0.05, 0) is 61.8 Å². The second-order valence-electron chi connectivity index (χ2n) is 8.16. The van der Waals surface area contributed by atoms with E-state index in [0.717, 1.165) is 37.0 Å². The number of hydrogen-bond donors (Lipinski definition) is 1. The number of rotatable bonds is 4. The molecule has 2 aromatic heterocycles. The summed E-state index contributed by atoms with van der Waals surface area (Å²) >= 11 is 1.56. The van der Waals surface area contributed by atoms with Crippen molar-refractivity contribution in [2.75, 3.05) is 0 Å². The highest BCUT2D eigenvalue weighted by molar-refractivity contribution is 7.13. The van der Waals surface area contributed by atoms with E-state index in [4.69, 9.17) is 9.15 Å². The van der Waals surface area contributed by atoms with Gasteiger partial charge in [-0.1, -0.05) is 6.07 Å². The van der Waals surface area contributed by atoms with Gasteiger partial charge in [0.15, 0.2) is 0 Å². The van der Waals surface area contributed by atoms with E-state index in [1.807, 2.05) is 17.5 Å². The third-order valence-corrected chi connectivity index (χ3v) is 6.96. The van der Waals surface area contributed by atoms with E-state index in [1.165, 1.54) is 0 Å². The summed E-state index contributed by atoms with van der Waals surface area (Å²) in [4.78, 5) is 18.2. The van der Waals surface area contributed by atoms with Crippen molar-refractivity contribution < 1.29 is 19.1 Å². The smallest absolute Gasteiger partial charge is 0.312 e. The SMILES string of the molecule is O=C(OCc1coc(-c2cccs2)n1)C12C[C@@H]3C[C@@H](CC(O)(C3)C1)C2. The molecule has 2 aromatic rings. The Morgan fingerprint density at radius 1 is 1.36 bits per heavy atom. The minimum absolute atomic E-state index is 0.128. The average Bonchev–Trinajstić information content (AvgIpc) is 3.21. The predicted molar refractivity (Wildman–Crippen MR) is 91.7 cm³/mol. The van der Waals surface area contributed by atoms with Crippen molar-refractivity contribution in [2.24, 2.45) is 17.3 Å². The fraction of sp³-hybridized carbons (Fsp3) is 0.579. The van der Waals surface area contributed by atoms with E-state index in [2.05, 4.69) is 4.98 Å². The maximum atomic E-state index is 12.9. The highest BCUT2D eigenvalue weighted by Gasteiger charge is 2.60. The molecule has 0 radical (unpaired) electrons. The molecule has 5 nitrogen and oxygen atoms in total. The molecule has 4 atom stereocenters. The molecule has 0 amide bonds. The Balaban J connectivity index is 1.28. The summed E-state index contributed by atoms with van der Waals surface area (Å²) < 4.78 is 11.1. The summed E-state index contributed by atoms with van der Waals surface area (Å²) in [5, 5.41) is 12.7. The molecule has 4 aliphatic carbocycles. The lowest BCUT2D eigenvalue weighted by Gasteiger charge is -2.58. The Bertz CT molecular complexity index is 782. The first-order valence-electron chi connectivity index (χ1n) is 8.92. The van der Waals surface area contributed by atoms with E-state index < -0.39 is 11.0 Å². The van der Waals surface area contributed by atoms with Crippen molar-refractivity contribution in [1.29, 1.82) is 0 Å². The van der Waals surface area contributed by atoms with Crippen molar-refractivity contribution in [3.8, 4) is 10.8 Å². The van der Waals surface area contributed by atoms with Gasteiger partial charge in [0.1, 0.15) is 18.6 Å². The number of aliphatic hydroxyl groups is 1. The maximum absolute atomic E-state index is 12.9. The van der Waals surface area contributed by atoms with Crippen molar-refractivity contribution >= 4 is 17.3 Å². The number of nitrogens with zero attached hydrogens (tertiary/aromatic N) is 1. The Hall–Kier alpha value is -1.66. The lowest BCUT2D eigenvalue weighted by molar-refractivity contribution is -0.197. The number of aromatic nitrogens is 1. The molecule has 2 unspecified atom stereocenters. The molecule has 4 saturated carbocycles. The molecular weight excluding hydrogens is 338 g/mol. The molecule has 6 heteroatoms. The van der Waals surface area contributed by atoms with Crippen LogP contribution in [-0.4, -0.2) is 21.7 Å². The highest BCUT2D eigenvalue weighted by atomic mass is 32.1. The minimum Gasteiger partial charge on any atom is -0.459 e.